The highest BCUT2D eigenvalue weighted by Gasteiger charge is 2.19. The first kappa shape index (κ1) is 14.5. The predicted molar refractivity (Wildman–Crippen MR) is 73.8 cm³/mol. The molecule has 1 unspecified atom stereocenters. The lowest BCUT2D eigenvalue weighted by Gasteiger charge is -2.23. The first-order valence-electron chi connectivity index (χ1n) is 6.79. The van der Waals surface area contributed by atoms with Crippen LogP contribution in [0, 0.1) is 0 Å². The second-order valence-corrected chi connectivity index (χ2v) is 5.04. The molecule has 1 aliphatic rings. The van der Waals surface area contributed by atoms with Crippen LogP contribution in [0.4, 0.5) is 0 Å². The molecular formula is C14H19N3O3. The number of hydrogen-bond donors (Lipinski definition) is 2. The minimum absolute atomic E-state index is 0.120. The number of carbonyl (C=O) groups is 2. The first-order valence-corrected chi connectivity index (χ1v) is 6.79. The van der Waals surface area contributed by atoms with Gasteiger partial charge >= 0.3 is 5.97 Å². The van der Waals surface area contributed by atoms with Crippen molar-refractivity contribution in [1.82, 2.24) is 15.2 Å². The van der Waals surface area contributed by atoms with Gasteiger partial charge in [0, 0.05) is 24.3 Å². The van der Waals surface area contributed by atoms with Crippen LogP contribution in [0.1, 0.15) is 40.6 Å². The molecule has 1 amide bonds. The molecule has 0 radical (unpaired) electrons. The molecule has 20 heavy (non-hydrogen) atoms. The summed E-state index contributed by atoms with van der Waals surface area (Å²) >= 11 is 0. The minimum atomic E-state index is -1.13. The third-order valence-corrected chi connectivity index (χ3v) is 3.56. The molecule has 1 aliphatic heterocycles. The molecule has 1 aromatic heterocycles. The van der Waals surface area contributed by atoms with E-state index in [1.165, 1.54) is 31.2 Å². The Morgan fingerprint density at radius 3 is 2.80 bits per heavy atom. The molecule has 1 fully saturated rings. The largest absolute Gasteiger partial charge is 0.477 e. The van der Waals surface area contributed by atoms with Crippen molar-refractivity contribution in [2.24, 2.45) is 0 Å². The Morgan fingerprint density at radius 1 is 1.45 bits per heavy atom. The first-order chi connectivity index (χ1) is 9.58. The molecule has 6 nitrogen and oxygen atoms in total. The smallest absolute Gasteiger partial charge is 0.354 e. The molecule has 1 atom stereocenters. The van der Waals surface area contributed by atoms with E-state index in [1.807, 2.05) is 0 Å². The predicted octanol–water partition coefficient (Wildman–Crippen LogP) is 0.994. The van der Waals surface area contributed by atoms with E-state index in [1.54, 1.807) is 0 Å². The van der Waals surface area contributed by atoms with Crippen molar-refractivity contribution in [3.8, 4) is 0 Å². The lowest BCUT2D eigenvalue weighted by atomic mass is 10.2. The number of amides is 1. The van der Waals surface area contributed by atoms with Crippen LogP contribution < -0.4 is 5.32 Å². The van der Waals surface area contributed by atoms with Crippen LogP contribution in [-0.4, -0.2) is 52.5 Å². The zero-order valence-corrected chi connectivity index (χ0v) is 11.5. The zero-order valence-electron chi connectivity index (χ0n) is 11.5. The van der Waals surface area contributed by atoms with E-state index in [-0.39, 0.29) is 11.6 Å². The number of carbonyl (C=O) groups excluding carboxylic acids is 1. The van der Waals surface area contributed by atoms with Crippen molar-refractivity contribution in [3.63, 3.8) is 0 Å². The number of nitrogens with one attached hydrogen (secondary N) is 1. The molecule has 0 bridgehead atoms. The van der Waals surface area contributed by atoms with Gasteiger partial charge in [0.1, 0.15) is 5.69 Å². The Bertz CT molecular complexity index is 498. The minimum Gasteiger partial charge on any atom is -0.477 e. The average molecular weight is 277 g/mol. The SMILES string of the molecule is CC(CNC(=O)c1ccnc(C(=O)O)c1)N1CCCC1. The number of rotatable bonds is 5. The van der Waals surface area contributed by atoms with Crippen LogP contribution in [0.5, 0.6) is 0 Å². The van der Waals surface area contributed by atoms with Gasteiger partial charge in [0.25, 0.3) is 5.91 Å². The van der Waals surface area contributed by atoms with Gasteiger partial charge in [0.2, 0.25) is 0 Å². The molecule has 0 aromatic carbocycles. The highest BCUT2D eigenvalue weighted by Crippen LogP contribution is 2.11. The normalized spacial score (nSPS) is 16.9. The van der Waals surface area contributed by atoms with Gasteiger partial charge in [-0.05, 0) is 45.0 Å². The van der Waals surface area contributed by atoms with E-state index >= 15 is 0 Å². The van der Waals surface area contributed by atoms with E-state index in [4.69, 9.17) is 5.11 Å². The van der Waals surface area contributed by atoms with E-state index < -0.39 is 5.97 Å². The van der Waals surface area contributed by atoms with Gasteiger partial charge in [0.15, 0.2) is 0 Å². The molecule has 0 saturated carbocycles. The van der Waals surface area contributed by atoms with Gasteiger partial charge in [-0.25, -0.2) is 9.78 Å². The summed E-state index contributed by atoms with van der Waals surface area (Å²) in [4.78, 5) is 28.8. The number of carboxylic acid groups (broad SMARTS) is 1. The number of aromatic carboxylic acids is 1. The zero-order chi connectivity index (χ0) is 14.5. The fraction of sp³-hybridized carbons (Fsp3) is 0.500. The summed E-state index contributed by atoms with van der Waals surface area (Å²) in [5.41, 5.74) is 0.205. The highest BCUT2D eigenvalue weighted by molar-refractivity contribution is 5.96. The Hall–Kier alpha value is -1.95. The molecule has 2 N–H and O–H groups in total. The van der Waals surface area contributed by atoms with Crippen molar-refractivity contribution < 1.29 is 14.7 Å². The summed E-state index contributed by atoms with van der Waals surface area (Å²) in [6.07, 6.45) is 3.76. The second kappa shape index (κ2) is 6.47. The second-order valence-electron chi connectivity index (χ2n) is 5.04. The fourth-order valence-corrected chi connectivity index (χ4v) is 2.34. The van der Waals surface area contributed by atoms with Crippen molar-refractivity contribution in [3.05, 3.63) is 29.6 Å². The Kier molecular flexibility index (Phi) is 4.68. The third-order valence-electron chi connectivity index (χ3n) is 3.56. The van der Waals surface area contributed by atoms with Crippen LogP contribution in [-0.2, 0) is 0 Å². The number of hydrogen-bond acceptors (Lipinski definition) is 4. The quantitative estimate of drug-likeness (QED) is 0.839. The van der Waals surface area contributed by atoms with Crippen LogP contribution in [0.2, 0.25) is 0 Å². The van der Waals surface area contributed by atoms with Crippen molar-refractivity contribution in [2.45, 2.75) is 25.8 Å². The van der Waals surface area contributed by atoms with Crippen molar-refractivity contribution in [2.75, 3.05) is 19.6 Å². The Balaban J connectivity index is 1.91. The lowest BCUT2D eigenvalue weighted by molar-refractivity contribution is 0.0690. The monoisotopic (exact) mass is 277 g/mol. The van der Waals surface area contributed by atoms with Crippen molar-refractivity contribution >= 4 is 11.9 Å². The number of nitrogens with zero attached hydrogens (tertiary/aromatic N) is 2. The summed E-state index contributed by atoms with van der Waals surface area (Å²) in [7, 11) is 0. The summed E-state index contributed by atoms with van der Waals surface area (Å²) in [5.74, 6) is -1.40. The van der Waals surface area contributed by atoms with Crippen LogP contribution >= 0.6 is 0 Å². The Labute approximate surface area is 117 Å². The van der Waals surface area contributed by atoms with Gasteiger partial charge < -0.3 is 10.4 Å². The lowest BCUT2D eigenvalue weighted by Crippen LogP contribution is -2.40. The molecule has 2 heterocycles. The number of carboxylic acids is 1. The van der Waals surface area contributed by atoms with E-state index in [9.17, 15) is 9.59 Å². The third kappa shape index (κ3) is 3.54. The maximum Gasteiger partial charge on any atom is 0.354 e. The summed E-state index contributed by atoms with van der Waals surface area (Å²) < 4.78 is 0. The van der Waals surface area contributed by atoms with E-state index in [0.717, 1.165) is 13.1 Å². The summed E-state index contributed by atoms with van der Waals surface area (Å²) in [6, 6.07) is 3.10. The topological polar surface area (TPSA) is 82.5 Å². The maximum atomic E-state index is 12.0. The van der Waals surface area contributed by atoms with Crippen molar-refractivity contribution in [1.29, 1.82) is 0 Å². The van der Waals surface area contributed by atoms with E-state index in [2.05, 4.69) is 22.1 Å². The molecular weight excluding hydrogens is 258 g/mol. The van der Waals surface area contributed by atoms with Crippen LogP contribution in [0.25, 0.3) is 0 Å². The summed E-state index contributed by atoms with van der Waals surface area (Å²) in [6.45, 7) is 4.80. The molecule has 1 saturated heterocycles. The van der Waals surface area contributed by atoms with Gasteiger partial charge in [-0.15, -0.1) is 0 Å². The Morgan fingerprint density at radius 2 is 2.15 bits per heavy atom. The van der Waals surface area contributed by atoms with E-state index in [0.29, 0.717) is 18.2 Å². The van der Waals surface area contributed by atoms with Crippen LogP contribution in [0.15, 0.2) is 18.3 Å². The molecule has 2 rings (SSSR count). The molecule has 6 heteroatoms. The van der Waals surface area contributed by atoms with Gasteiger partial charge in [-0.3, -0.25) is 9.69 Å². The molecule has 1 aromatic rings. The van der Waals surface area contributed by atoms with Gasteiger partial charge in [-0.1, -0.05) is 0 Å². The number of pyridine rings is 1. The van der Waals surface area contributed by atoms with Crippen LogP contribution in [0.3, 0.4) is 0 Å². The average Bonchev–Trinajstić information content (AvgIpc) is 2.98. The number of aromatic nitrogens is 1. The van der Waals surface area contributed by atoms with Gasteiger partial charge in [0.05, 0.1) is 0 Å². The fourth-order valence-electron chi connectivity index (χ4n) is 2.34. The summed E-state index contributed by atoms with van der Waals surface area (Å²) in [5, 5.41) is 11.7. The number of likely N-dealkylation sites (tertiary alicyclic amines) is 1. The van der Waals surface area contributed by atoms with Gasteiger partial charge in [-0.2, -0.15) is 0 Å². The molecule has 0 aliphatic carbocycles. The molecule has 0 spiro atoms. The highest BCUT2D eigenvalue weighted by atomic mass is 16.4. The maximum absolute atomic E-state index is 12.0. The standard InChI is InChI=1S/C14H19N3O3/c1-10(17-6-2-3-7-17)9-16-13(18)11-4-5-15-12(8-11)14(19)20/h4-5,8,10H,2-3,6-7,9H2,1H3,(H,16,18)(H,19,20). The molecule has 108 valence electrons.